The number of carboxylic acid groups (broad SMARTS) is 2. The molecule has 99 heavy (non-hydrogen) atoms. The van der Waals surface area contributed by atoms with Crippen molar-refractivity contribution in [3.63, 3.8) is 0 Å². The van der Waals surface area contributed by atoms with E-state index in [1.165, 1.54) is 0 Å². The summed E-state index contributed by atoms with van der Waals surface area (Å²) in [5.41, 5.74) is 0. The Bertz CT molecular complexity index is 2640. The largest absolute Gasteiger partial charge is 0.477 e. The average molecular weight is 1450 g/mol. The van der Waals surface area contributed by atoms with Crippen LogP contribution in [0.5, 0.6) is 0 Å². The highest BCUT2D eigenvalue weighted by atomic mass is 16.8. The van der Waals surface area contributed by atoms with Crippen molar-refractivity contribution in [3.8, 4) is 0 Å². The van der Waals surface area contributed by atoms with Crippen molar-refractivity contribution in [1.82, 2.24) is 16.0 Å². The summed E-state index contributed by atoms with van der Waals surface area (Å²) in [5, 5.41) is 269. The number of hydrogen-bond donors (Lipinski definition) is 27. The van der Waals surface area contributed by atoms with E-state index in [1.54, 1.807) is 0 Å². The lowest BCUT2D eigenvalue weighted by molar-refractivity contribution is -0.394. The summed E-state index contributed by atoms with van der Waals surface area (Å²) in [6, 6.07) is -5.76. The molecular formula is C54H89N3O42. The monoisotopic (exact) mass is 1450 g/mol. The van der Waals surface area contributed by atoms with Crippen LogP contribution in [-0.2, 0) is 85.6 Å². The number of hydrogen-bond acceptors (Lipinski definition) is 40. The molecule has 7 aliphatic heterocycles. The van der Waals surface area contributed by atoms with Crippen molar-refractivity contribution >= 4 is 29.7 Å². The van der Waals surface area contributed by atoms with Crippen molar-refractivity contribution in [3.05, 3.63) is 0 Å². The maximum absolute atomic E-state index is 13.4. The third-order valence-corrected chi connectivity index (χ3v) is 17.7. The third kappa shape index (κ3) is 17.9. The molecule has 0 saturated carbocycles. The van der Waals surface area contributed by atoms with Gasteiger partial charge in [0.2, 0.25) is 17.7 Å². The van der Waals surface area contributed by atoms with Crippen LogP contribution in [0, 0.1) is 0 Å². The van der Waals surface area contributed by atoms with Gasteiger partial charge in [-0.2, -0.15) is 0 Å². The van der Waals surface area contributed by atoms with Crippen molar-refractivity contribution in [2.24, 2.45) is 0 Å². The minimum Gasteiger partial charge on any atom is -0.477 e. The number of nitrogens with one attached hydrogen (secondary N) is 3. The number of rotatable bonds is 28. The van der Waals surface area contributed by atoms with Crippen LogP contribution < -0.4 is 16.0 Å². The smallest absolute Gasteiger partial charge is 0.364 e. The van der Waals surface area contributed by atoms with Crippen LogP contribution >= 0.6 is 0 Å². The quantitative estimate of drug-likeness (QED) is 0.0346. The van der Waals surface area contributed by atoms with Gasteiger partial charge in [0.25, 0.3) is 11.6 Å². The van der Waals surface area contributed by atoms with Crippen molar-refractivity contribution in [2.45, 2.75) is 260 Å². The molecule has 37 atom stereocenters. The van der Waals surface area contributed by atoms with Gasteiger partial charge in [-0.25, -0.2) is 9.59 Å². The lowest BCUT2D eigenvalue weighted by atomic mass is 9.88. The van der Waals surface area contributed by atoms with Gasteiger partial charge in [0.05, 0.1) is 70.5 Å². The second kappa shape index (κ2) is 34.7. The fraction of sp³-hybridized carbons (Fsp3) is 0.907. The fourth-order valence-electron chi connectivity index (χ4n) is 12.5. The van der Waals surface area contributed by atoms with E-state index in [2.05, 4.69) is 16.0 Å². The maximum Gasteiger partial charge on any atom is 0.364 e. The van der Waals surface area contributed by atoms with E-state index in [1.807, 2.05) is 0 Å². The van der Waals surface area contributed by atoms with Gasteiger partial charge in [-0.3, -0.25) is 14.4 Å². The first-order chi connectivity index (χ1) is 46.5. The molecule has 0 aromatic heterocycles. The molecule has 3 amide bonds. The summed E-state index contributed by atoms with van der Waals surface area (Å²) in [4.78, 5) is 64.6. The number of carboxylic acids is 2. The lowest BCUT2D eigenvalue weighted by Gasteiger charge is -2.52. The molecule has 7 aliphatic rings. The van der Waals surface area contributed by atoms with Gasteiger partial charge in [0.1, 0.15) is 159 Å². The van der Waals surface area contributed by atoms with Crippen LogP contribution in [-0.4, -0.2) is 424 Å². The van der Waals surface area contributed by atoms with Gasteiger partial charge in [-0.15, -0.1) is 0 Å². The summed E-state index contributed by atoms with van der Waals surface area (Å²) in [6.07, 6.45) is -73.7. The molecule has 0 radical (unpaired) electrons. The van der Waals surface area contributed by atoms with E-state index in [4.69, 9.17) is 61.6 Å². The second-order valence-electron chi connectivity index (χ2n) is 24.7. The predicted octanol–water partition coefficient (Wildman–Crippen LogP) is -17.4. The summed E-state index contributed by atoms with van der Waals surface area (Å²) >= 11 is 0. The van der Waals surface area contributed by atoms with E-state index in [0.29, 0.717) is 0 Å². The van der Waals surface area contributed by atoms with E-state index >= 15 is 0 Å². The Morgan fingerprint density at radius 1 is 0.414 bits per heavy atom. The molecule has 0 unspecified atom stereocenters. The third-order valence-electron chi connectivity index (χ3n) is 17.7. The first-order valence-electron chi connectivity index (χ1n) is 30.9. The number of amides is 3. The Morgan fingerprint density at radius 3 is 1.23 bits per heavy atom. The summed E-state index contributed by atoms with van der Waals surface area (Å²) < 4.78 is 74.7. The van der Waals surface area contributed by atoms with E-state index in [9.17, 15) is 147 Å². The number of aliphatic hydroxyl groups is 22. The number of aliphatic hydroxyl groups excluding tert-OH is 22. The number of ether oxygens (including phenoxy) is 13. The SMILES string of the molecule is CC(=O)N[C@H]1[C@H](O[C@H]2[C@@H](O)[C@@H](CO)O[C@H](O[C@@H]3[C@H](O)[C@@H](O)[C@H](O[C@H]4[C@H](O)[C@H](O)[C@H](O)O[C@@H]4CO)O[C@@H]3CO)[C@@H]2O)O[C@H](CO[C@]2(C(=O)O)C[C@H](O)[C@@H](NC(C)=O)[C@H]([C@H](O)[C@H](O)CO)O2)[C@H](O)[C@@H]1O[C@@H]1O[C@H](CO)[C@H](O)[C@H](O[C@]2(C(=O)O)C[C@H](O)[C@@H](NC(C)=O)[C@H]([C@H](O)[C@H](O)CO)O2)[C@H]1O. The molecule has 572 valence electrons. The zero-order valence-corrected chi connectivity index (χ0v) is 52.7. The van der Waals surface area contributed by atoms with Crippen molar-refractivity contribution in [1.29, 1.82) is 0 Å². The maximum atomic E-state index is 13.4. The van der Waals surface area contributed by atoms with E-state index in [-0.39, 0.29) is 0 Å². The standard InChI is InChI=1S/C54H89N3O42/c1-13(64)55-25-16(67)4-53(51(83)84,97-42(25)28(71)18(69)6-58)87-12-24-32(75)41(95-50-38(81)45(31(74)21(9-61)90-50)99-54(52(85)86)5-17(68)26(56-14(2)65)43(98-54)29(72)19(70)7-59)27(57-15(3)66)47(92-24)96-44-30(73)20(8-60)89-49(37(44)80)94-40-23(11-63)91-48(36(79)34(40)77)93-39-22(10-62)88-46(82)35(78)33(39)76/h16-50,58-63,67-82H,4-12H2,1-3H3,(H,55,64)(H,56,65)(H,57,66)(H,83,84)(H,85,86)/t16-,17-,18+,19+,20+,21+,22+,23+,24+,25+,26+,27+,28+,29+,30-,31-,32-,33+,34+,35-,36+,37+,38+,39+,40-,41+,42+,43+,44-,45-,46+,47-,48-,49+,50-,53+,54-/m0/s1. The molecule has 45 nitrogen and oxygen atoms in total. The molecule has 0 aromatic carbocycles. The Hall–Kier alpha value is -4.05. The Kier molecular flexibility index (Phi) is 28.8. The van der Waals surface area contributed by atoms with Crippen LogP contribution in [0.15, 0.2) is 0 Å². The molecule has 27 N–H and O–H groups in total. The lowest BCUT2D eigenvalue weighted by Crippen LogP contribution is -2.72. The molecule has 7 fully saturated rings. The normalized spacial score (nSPS) is 45.7. The summed E-state index contributed by atoms with van der Waals surface area (Å²) in [7, 11) is 0. The topological polar surface area (TPSA) is 727 Å². The van der Waals surface area contributed by atoms with Crippen molar-refractivity contribution < 1.29 is 208 Å². The van der Waals surface area contributed by atoms with Gasteiger partial charge in [0.15, 0.2) is 31.5 Å². The molecule has 7 heterocycles. The predicted molar refractivity (Wildman–Crippen MR) is 301 cm³/mol. The fourth-order valence-corrected chi connectivity index (χ4v) is 12.5. The summed E-state index contributed by atoms with van der Waals surface area (Å²) in [5.74, 6) is -13.9. The number of carbonyl (C=O) groups is 5. The number of aliphatic carboxylic acids is 2. The molecule has 0 aromatic rings. The average Bonchev–Trinajstić information content (AvgIpc) is 0.773. The minimum absolute atomic E-state index is 0.829. The highest BCUT2D eigenvalue weighted by Crippen LogP contribution is 2.42. The first-order valence-corrected chi connectivity index (χ1v) is 30.9. The van der Waals surface area contributed by atoms with Crippen molar-refractivity contribution in [2.75, 3.05) is 46.2 Å². The Labute approximate surface area is 558 Å². The van der Waals surface area contributed by atoms with Crippen LogP contribution in [0.1, 0.15) is 33.6 Å². The molecule has 0 spiro atoms. The van der Waals surface area contributed by atoms with Gasteiger partial charge in [-0.05, 0) is 0 Å². The highest BCUT2D eigenvalue weighted by Gasteiger charge is 2.63. The molecule has 7 rings (SSSR count). The minimum atomic E-state index is -3.38. The molecule has 45 heteroatoms. The van der Waals surface area contributed by atoms with E-state index < -0.39 is 315 Å². The Balaban J connectivity index is 1.26. The highest BCUT2D eigenvalue weighted by molar-refractivity contribution is 5.77. The van der Waals surface area contributed by atoms with Gasteiger partial charge in [0, 0.05) is 33.6 Å². The van der Waals surface area contributed by atoms with E-state index in [0.717, 1.165) is 20.8 Å². The van der Waals surface area contributed by atoms with Crippen LogP contribution in [0.4, 0.5) is 0 Å². The molecule has 7 saturated heterocycles. The molecule has 0 aliphatic carbocycles. The zero-order chi connectivity index (χ0) is 73.8. The van der Waals surface area contributed by atoms with Gasteiger partial charge in [-0.1, -0.05) is 0 Å². The van der Waals surface area contributed by atoms with Crippen LogP contribution in [0.25, 0.3) is 0 Å². The van der Waals surface area contributed by atoms with Gasteiger partial charge >= 0.3 is 11.9 Å². The Morgan fingerprint density at radius 2 is 0.778 bits per heavy atom. The molecular weight excluding hydrogens is 1360 g/mol. The number of carbonyl (C=O) groups excluding carboxylic acids is 3. The summed E-state index contributed by atoms with van der Waals surface area (Å²) in [6.45, 7) is -5.78. The van der Waals surface area contributed by atoms with Crippen LogP contribution in [0.2, 0.25) is 0 Å². The molecule has 0 bridgehead atoms. The second-order valence-corrected chi connectivity index (χ2v) is 24.7. The first kappa shape index (κ1) is 82.2. The van der Waals surface area contributed by atoms with Gasteiger partial charge < -0.3 is 200 Å². The zero-order valence-electron chi connectivity index (χ0n) is 52.7. The van der Waals surface area contributed by atoms with Crippen LogP contribution in [0.3, 0.4) is 0 Å².